The highest BCUT2D eigenvalue weighted by atomic mass is 16.6. The van der Waals surface area contributed by atoms with E-state index in [0.29, 0.717) is 6.61 Å². The molecule has 0 fully saturated rings. The van der Waals surface area contributed by atoms with Crippen LogP contribution in [-0.2, 0) is 4.84 Å². The van der Waals surface area contributed by atoms with Crippen molar-refractivity contribution in [2.75, 3.05) is 6.61 Å². The Hall–Kier alpha value is -1.12. The van der Waals surface area contributed by atoms with Crippen molar-refractivity contribution in [3.8, 4) is 0 Å². The molecule has 0 bridgehead atoms. The van der Waals surface area contributed by atoms with Gasteiger partial charge in [-0.1, -0.05) is 36.4 Å². The molecule has 1 aromatic rings. The molecule has 1 N–H and O–H groups in total. The maximum Gasteiger partial charge on any atom is 0.0864 e. The third-order valence-electron chi connectivity index (χ3n) is 1.79. The van der Waals surface area contributed by atoms with Gasteiger partial charge in [-0.2, -0.15) is 5.48 Å². The number of hydrogen-bond donors (Lipinski definition) is 1. The summed E-state index contributed by atoms with van der Waals surface area (Å²) in [6.07, 6.45) is 4.08. The Bertz CT molecular complexity index is 268. The molecule has 61 valence electrons. The van der Waals surface area contributed by atoms with E-state index < -0.39 is 0 Å². The van der Waals surface area contributed by atoms with Crippen molar-refractivity contribution in [2.24, 2.45) is 0 Å². The standard InChI is InChI=1S/C10H10NO/c1-2-5-9(6-3-1)10-7-4-8-12-11-10/h1-5,7,10-11H,8H2. The molecular weight excluding hydrogens is 150 g/mol. The van der Waals surface area contributed by atoms with Gasteiger partial charge in [0, 0.05) is 0 Å². The van der Waals surface area contributed by atoms with Crippen LogP contribution in [0.4, 0.5) is 0 Å². The highest BCUT2D eigenvalue weighted by molar-refractivity contribution is 5.21. The van der Waals surface area contributed by atoms with Crippen LogP contribution < -0.4 is 5.48 Å². The summed E-state index contributed by atoms with van der Waals surface area (Å²) in [5.41, 5.74) is 4.02. The molecule has 1 aromatic carbocycles. The second-order valence-corrected chi connectivity index (χ2v) is 2.65. The monoisotopic (exact) mass is 160 g/mol. The lowest BCUT2D eigenvalue weighted by molar-refractivity contribution is 0.0362. The zero-order valence-corrected chi connectivity index (χ0v) is 6.66. The molecule has 0 saturated heterocycles. The van der Waals surface area contributed by atoms with Gasteiger partial charge >= 0.3 is 0 Å². The van der Waals surface area contributed by atoms with Crippen LogP contribution >= 0.6 is 0 Å². The lowest BCUT2D eigenvalue weighted by Gasteiger charge is -2.17. The van der Waals surface area contributed by atoms with Crippen molar-refractivity contribution in [1.29, 1.82) is 0 Å². The van der Waals surface area contributed by atoms with Gasteiger partial charge in [-0.3, -0.25) is 4.84 Å². The molecule has 1 aliphatic heterocycles. The molecule has 0 amide bonds. The average molecular weight is 160 g/mol. The maximum absolute atomic E-state index is 5.08. The molecule has 1 heterocycles. The van der Waals surface area contributed by atoms with E-state index in [4.69, 9.17) is 4.84 Å². The molecule has 0 aliphatic carbocycles. The molecule has 2 heteroatoms. The van der Waals surface area contributed by atoms with Crippen LogP contribution in [-0.4, -0.2) is 6.61 Å². The molecule has 1 atom stereocenters. The molecule has 12 heavy (non-hydrogen) atoms. The van der Waals surface area contributed by atoms with Crippen LogP contribution in [0.25, 0.3) is 0 Å². The lowest BCUT2D eigenvalue weighted by Crippen LogP contribution is -2.23. The van der Waals surface area contributed by atoms with Crippen molar-refractivity contribution in [2.45, 2.75) is 6.04 Å². The molecule has 1 aliphatic rings. The first-order chi connectivity index (χ1) is 5.97. The second kappa shape index (κ2) is 3.52. The SMILES string of the molecule is [c]1ccccc1C1C=CCON1. The molecule has 0 spiro atoms. The third-order valence-corrected chi connectivity index (χ3v) is 1.79. The van der Waals surface area contributed by atoms with Crippen LogP contribution in [0.1, 0.15) is 11.6 Å². The maximum atomic E-state index is 5.08. The number of rotatable bonds is 1. The van der Waals surface area contributed by atoms with E-state index in [2.05, 4.69) is 17.6 Å². The normalized spacial score (nSPS) is 22.5. The van der Waals surface area contributed by atoms with Gasteiger partial charge in [-0.05, 0) is 11.6 Å². The fourth-order valence-electron chi connectivity index (χ4n) is 1.18. The Morgan fingerprint density at radius 3 is 3.17 bits per heavy atom. The Balaban J connectivity index is 2.19. The minimum atomic E-state index is 0.153. The van der Waals surface area contributed by atoms with Gasteiger partial charge in [0.1, 0.15) is 0 Å². The first-order valence-corrected chi connectivity index (χ1v) is 3.97. The van der Waals surface area contributed by atoms with Crippen LogP contribution in [0, 0.1) is 6.07 Å². The summed E-state index contributed by atoms with van der Waals surface area (Å²) in [5, 5.41) is 0. The predicted octanol–water partition coefficient (Wildman–Crippen LogP) is 1.62. The van der Waals surface area contributed by atoms with Crippen molar-refractivity contribution in [3.63, 3.8) is 0 Å². The van der Waals surface area contributed by atoms with Gasteiger partial charge in [-0.15, -0.1) is 0 Å². The smallest absolute Gasteiger partial charge is 0.0864 e. The van der Waals surface area contributed by atoms with Gasteiger partial charge in [0.05, 0.1) is 12.6 Å². The van der Waals surface area contributed by atoms with E-state index in [0.717, 1.165) is 5.56 Å². The van der Waals surface area contributed by atoms with E-state index in [1.807, 2.05) is 30.3 Å². The Kier molecular flexibility index (Phi) is 2.21. The van der Waals surface area contributed by atoms with Gasteiger partial charge in [0.25, 0.3) is 0 Å². The first-order valence-electron chi connectivity index (χ1n) is 3.97. The molecule has 1 radical (unpaired) electrons. The summed E-state index contributed by atoms with van der Waals surface area (Å²) in [7, 11) is 0. The van der Waals surface area contributed by atoms with Crippen LogP contribution in [0.3, 0.4) is 0 Å². The summed E-state index contributed by atoms with van der Waals surface area (Å²) < 4.78 is 0. The molecule has 0 aromatic heterocycles. The minimum Gasteiger partial charge on any atom is -0.297 e. The summed E-state index contributed by atoms with van der Waals surface area (Å²) in [5.74, 6) is 0. The second-order valence-electron chi connectivity index (χ2n) is 2.65. The fourth-order valence-corrected chi connectivity index (χ4v) is 1.18. The lowest BCUT2D eigenvalue weighted by atomic mass is 10.1. The van der Waals surface area contributed by atoms with Crippen molar-refractivity contribution >= 4 is 0 Å². The van der Waals surface area contributed by atoms with Crippen molar-refractivity contribution in [1.82, 2.24) is 5.48 Å². The van der Waals surface area contributed by atoms with E-state index in [9.17, 15) is 0 Å². The van der Waals surface area contributed by atoms with E-state index >= 15 is 0 Å². The van der Waals surface area contributed by atoms with Crippen molar-refractivity contribution < 1.29 is 4.84 Å². The fraction of sp³-hybridized carbons (Fsp3) is 0.200. The van der Waals surface area contributed by atoms with Crippen LogP contribution in [0.15, 0.2) is 36.4 Å². The zero-order valence-electron chi connectivity index (χ0n) is 6.66. The van der Waals surface area contributed by atoms with Gasteiger partial charge in [0.2, 0.25) is 0 Å². The molecule has 0 saturated carbocycles. The largest absolute Gasteiger partial charge is 0.297 e. The van der Waals surface area contributed by atoms with E-state index in [1.165, 1.54) is 0 Å². The van der Waals surface area contributed by atoms with Gasteiger partial charge in [0.15, 0.2) is 0 Å². The Labute approximate surface area is 71.8 Å². The Morgan fingerprint density at radius 1 is 1.50 bits per heavy atom. The quantitative estimate of drug-likeness (QED) is 0.630. The average Bonchev–Trinajstić information content (AvgIpc) is 2.21. The van der Waals surface area contributed by atoms with Crippen LogP contribution in [0.2, 0.25) is 0 Å². The number of hydroxylamine groups is 1. The number of benzene rings is 1. The number of hydrogen-bond acceptors (Lipinski definition) is 2. The van der Waals surface area contributed by atoms with Gasteiger partial charge in [-0.25, -0.2) is 0 Å². The predicted molar refractivity (Wildman–Crippen MR) is 46.2 cm³/mol. The minimum absolute atomic E-state index is 0.153. The summed E-state index contributed by atoms with van der Waals surface area (Å²) >= 11 is 0. The zero-order chi connectivity index (χ0) is 8.23. The topological polar surface area (TPSA) is 21.3 Å². The first kappa shape index (κ1) is 7.53. The highest BCUT2D eigenvalue weighted by Gasteiger charge is 2.09. The molecule has 2 rings (SSSR count). The summed E-state index contributed by atoms with van der Waals surface area (Å²) in [6.45, 7) is 0.642. The van der Waals surface area contributed by atoms with E-state index in [1.54, 1.807) is 0 Å². The number of nitrogens with one attached hydrogen (secondary N) is 1. The summed E-state index contributed by atoms with van der Waals surface area (Å²) in [4.78, 5) is 5.08. The molecular formula is C10H10NO. The van der Waals surface area contributed by atoms with Gasteiger partial charge < -0.3 is 0 Å². The molecule has 1 unspecified atom stereocenters. The highest BCUT2D eigenvalue weighted by Crippen LogP contribution is 2.14. The van der Waals surface area contributed by atoms with Crippen molar-refractivity contribution in [3.05, 3.63) is 48.0 Å². The Morgan fingerprint density at radius 2 is 2.50 bits per heavy atom. The third kappa shape index (κ3) is 1.55. The summed E-state index contributed by atoms with van der Waals surface area (Å²) in [6, 6.07) is 11.2. The van der Waals surface area contributed by atoms with Crippen LogP contribution in [0.5, 0.6) is 0 Å². The van der Waals surface area contributed by atoms with E-state index in [-0.39, 0.29) is 6.04 Å². The molecule has 2 nitrogen and oxygen atoms in total.